The van der Waals surface area contributed by atoms with Crippen molar-refractivity contribution in [1.82, 2.24) is 0 Å². The van der Waals surface area contributed by atoms with Gasteiger partial charge in [0.05, 0.1) is 25.9 Å². The second kappa shape index (κ2) is 7.48. The van der Waals surface area contributed by atoms with Crippen molar-refractivity contribution in [2.24, 2.45) is 0 Å². The molecule has 0 saturated heterocycles. The second-order valence-electron chi connectivity index (χ2n) is 4.72. The average molecular weight is 266 g/mol. The van der Waals surface area contributed by atoms with Crippen LogP contribution in [0.1, 0.15) is 30.1 Å². The zero-order valence-electron chi connectivity index (χ0n) is 11.4. The smallest absolute Gasteiger partial charge is 0.119 e. The molecule has 1 N–H and O–H groups in total. The summed E-state index contributed by atoms with van der Waals surface area (Å²) < 4.78 is 15.9. The number of aliphatic hydroxyl groups is 1. The molecular formula is C15H22O4. The first-order valence-electron chi connectivity index (χ1n) is 6.81. The van der Waals surface area contributed by atoms with Crippen LogP contribution in [0.25, 0.3) is 0 Å². The highest BCUT2D eigenvalue weighted by Crippen LogP contribution is 2.31. The molecule has 0 aliphatic heterocycles. The van der Waals surface area contributed by atoms with Gasteiger partial charge >= 0.3 is 0 Å². The van der Waals surface area contributed by atoms with Gasteiger partial charge in [-0.3, -0.25) is 0 Å². The van der Waals surface area contributed by atoms with Crippen LogP contribution in [-0.4, -0.2) is 38.6 Å². The normalized spacial score (nSPS) is 18.1. The Morgan fingerprint density at radius 3 is 2.89 bits per heavy atom. The van der Waals surface area contributed by atoms with Gasteiger partial charge in [0.15, 0.2) is 0 Å². The van der Waals surface area contributed by atoms with E-state index in [0.717, 1.165) is 30.6 Å². The number of fused-ring (bicyclic) bond motifs is 1. The molecule has 1 aromatic carbocycles. The molecule has 19 heavy (non-hydrogen) atoms. The number of benzene rings is 1. The van der Waals surface area contributed by atoms with Crippen LogP contribution in [0, 0.1) is 0 Å². The Bertz CT molecular complexity index is 392. The zero-order chi connectivity index (χ0) is 13.5. The van der Waals surface area contributed by atoms with E-state index in [1.807, 2.05) is 18.2 Å². The third-order valence-corrected chi connectivity index (χ3v) is 3.33. The van der Waals surface area contributed by atoms with Gasteiger partial charge in [0.25, 0.3) is 0 Å². The first kappa shape index (κ1) is 14.3. The van der Waals surface area contributed by atoms with E-state index in [9.17, 15) is 5.11 Å². The largest absolute Gasteiger partial charge is 0.491 e. The quantitative estimate of drug-likeness (QED) is 0.768. The van der Waals surface area contributed by atoms with Crippen molar-refractivity contribution < 1.29 is 19.3 Å². The predicted molar refractivity (Wildman–Crippen MR) is 72.5 cm³/mol. The molecule has 1 aliphatic rings. The van der Waals surface area contributed by atoms with Crippen molar-refractivity contribution in [1.29, 1.82) is 0 Å². The van der Waals surface area contributed by atoms with Crippen molar-refractivity contribution in [3.05, 3.63) is 29.3 Å². The Balaban J connectivity index is 1.78. The topological polar surface area (TPSA) is 47.9 Å². The first-order valence-corrected chi connectivity index (χ1v) is 6.81. The van der Waals surface area contributed by atoms with Crippen LogP contribution in [0.2, 0.25) is 0 Å². The molecule has 1 atom stereocenters. The van der Waals surface area contributed by atoms with Crippen LogP contribution in [0.3, 0.4) is 0 Å². The number of methoxy groups -OCH3 is 1. The minimum Gasteiger partial charge on any atom is -0.491 e. The predicted octanol–water partition coefficient (Wildman–Crippen LogP) is 2.10. The van der Waals surface area contributed by atoms with Gasteiger partial charge in [-0.15, -0.1) is 0 Å². The molecule has 0 spiro atoms. The molecule has 1 aliphatic carbocycles. The third-order valence-electron chi connectivity index (χ3n) is 3.33. The zero-order valence-corrected chi connectivity index (χ0v) is 11.4. The monoisotopic (exact) mass is 266 g/mol. The summed E-state index contributed by atoms with van der Waals surface area (Å²) in [6, 6.07) is 5.93. The molecule has 0 amide bonds. The summed E-state index contributed by atoms with van der Waals surface area (Å²) in [4.78, 5) is 0. The number of ether oxygens (including phenoxy) is 3. The molecular weight excluding hydrogens is 244 g/mol. The van der Waals surface area contributed by atoms with Crippen LogP contribution in [-0.2, 0) is 15.9 Å². The summed E-state index contributed by atoms with van der Waals surface area (Å²) in [5, 5.41) is 9.88. The van der Waals surface area contributed by atoms with Crippen LogP contribution in [0.4, 0.5) is 0 Å². The molecule has 2 rings (SSSR count). The summed E-state index contributed by atoms with van der Waals surface area (Å²) >= 11 is 0. The molecule has 0 fully saturated rings. The lowest BCUT2D eigenvalue weighted by Crippen LogP contribution is -2.11. The highest BCUT2D eigenvalue weighted by molar-refractivity contribution is 5.38. The maximum atomic E-state index is 9.88. The fraction of sp³-hybridized carbons (Fsp3) is 0.600. The van der Waals surface area contributed by atoms with Gasteiger partial charge in [0, 0.05) is 7.11 Å². The molecule has 0 aromatic heterocycles. The van der Waals surface area contributed by atoms with Gasteiger partial charge in [0.2, 0.25) is 0 Å². The van der Waals surface area contributed by atoms with Gasteiger partial charge < -0.3 is 19.3 Å². The molecule has 1 unspecified atom stereocenters. The summed E-state index contributed by atoms with van der Waals surface area (Å²) in [5.74, 6) is 0.850. The molecule has 0 bridgehead atoms. The molecule has 0 saturated carbocycles. The van der Waals surface area contributed by atoms with E-state index < -0.39 is 0 Å². The number of hydrogen-bond acceptors (Lipinski definition) is 4. The van der Waals surface area contributed by atoms with Crippen molar-refractivity contribution in [2.75, 3.05) is 33.5 Å². The third kappa shape index (κ3) is 4.20. The lowest BCUT2D eigenvalue weighted by molar-refractivity contribution is 0.0544. The van der Waals surface area contributed by atoms with Crippen molar-refractivity contribution in [2.45, 2.75) is 25.4 Å². The average Bonchev–Trinajstić information content (AvgIpc) is 2.43. The van der Waals surface area contributed by atoms with Gasteiger partial charge in [-0.1, -0.05) is 6.07 Å². The highest BCUT2D eigenvalue weighted by Gasteiger charge is 2.17. The summed E-state index contributed by atoms with van der Waals surface area (Å²) in [5.41, 5.74) is 2.26. The van der Waals surface area contributed by atoms with Crippen molar-refractivity contribution in [3.8, 4) is 5.75 Å². The maximum Gasteiger partial charge on any atom is 0.119 e. The van der Waals surface area contributed by atoms with E-state index in [1.54, 1.807) is 7.11 Å². The Morgan fingerprint density at radius 1 is 1.21 bits per heavy atom. The lowest BCUT2D eigenvalue weighted by atomic mass is 9.89. The minimum absolute atomic E-state index is 0.310. The minimum atomic E-state index is -0.310. The first-order chi connectivity index (χ1) is 9.31. The van der Waals surface area contributed by atoms with E-state index in [0.29, 0.717) is 26.4 Å². The van der Waals surface area contributed by atoms with Crippen LogP contribution in [0.15, 0.2) is 18.2 Å². The fourth-order valence-corrected chi connectivity index (χ4v) is 2.32. The maximum absolute atomic E-state index is 9.88. The van der Waals surface area contributed by atoms with Crippen LogP contribution in [0.5, 0.6) is 5.75 Å². The molecule has 4 nitrogen and oxygen atoms in total. The van der Waals surface area contributed by atoms with Crippen molar-refractivity contribution >= 4 is 0 Å². The Hall–Kier alpha value is -1.10. The van der Waals surface area contributed by atoms with Gasteiger partial charge in [-0.05, 0) is 42.5 Å². The van der Waals surface area contributed by atoms with E-state index in [4.69, 9.17) is 14.2 Å². The molecule has 1 aromatic rings. The summed E-state index contributed by atoms with van der Waals surface area (Å²) in [6.45, 7) is 2.29. The van der Waals surface area contributed by atoms with E-state index in [1.165, 1.54) is 5.56 Å². The molecule has 0 heterocycles. The van der Waals surface area contributed by atoms with Gasteiger partial charge in [-0.2, -0.15) is 0 Å². The van der Waals surface area contributed by atoms with E-state index in [-0.39, 0.29) is 6.10 Å². The summed E-state index contributed by atoms with van der Waals surface area (Å²) in [7, 11) is 1.65. The summed E-state index contributed by atoms with van der Waals surface area (Å²) in [6.07, 6.45) is 2.61. The van der Waals surface area contributed by atoms with Crippen LogP contribution >= 0.6 is 0 Å². The van der Waals surface area contributed by atoms with Crippen LogP contribution < -0.4 is 4.74 Å². The fourth-order valence-electron chi connectivity index (χ4n) is 2.32. The lowest BCUT2D eigenvalue weighted by Gasteiger charge is -2.21. The number of aryl methyl sites for hydroxylation is 1. The SMILES string of the molecule is COCCOCCOc1ccc2c(c1)CCCC2O. The Labute approximate surface area is 114 Å². The van der Waals surface area contributed by atoms with E-state index in [2.05, 4.69) is 0 Å². The van der Waals surface area contributed by atoms with E-state index >= 15 is 0 Å². The van der Waals surface area contributed by atoms with Gasteiger partial charge in [-0.25, -0.2) is 0 Å². The molecule has 106 valence electrons. The number of rotatable bonds is 7. The Morgan fingerprint density at radius 2 is 2.05 bits per heavy atom. The number of aliphatic hydroxyl groups excluding tert-OH is 1. The van der Waals surface area contributed by atoms with Gasteiger partial charge in [0.1, 0.15) is 12.4 Å². The second-order valence-corrected chi connectivity index (χ2v) is 4.72. The molecule has 4 heteroatoms. The molecule has 0 radical (unpaired) electrons. The Kier molecular flexibility index (Phi) is 5.63. The highest BCUT2D eigenvalue weighted by atomic mass is 16.5. The number of hydrogen-bond donors (Lipinski definition) is 1. The standard InChI is InChI=1S/C15H22O4/c1-17-7-8-18-9-10-19-13-5-6-14-12(11-13)3-2-4-15(14)16/h5-6,11,15-16H,2-4,7-10H2,1H3. The van der Waals surface area contributed by atoms with Crippen molar-refractivity contribution in [3.63, 3.8) is 0 Å².